The smallest absolute Gasteiger partial charge is 0.332 e. The lowest BCUT2D eigenvalue weighted by Gasteiger charge is -2.16. The second kappa shape index (κ2) is 5.44. The van der Waals surface area contributed by atoms with Crippen LogP contribution >= 0.6 is 15.9 Å². The summed E-state index contributed by atoms with van der Waals surface area (Å²) < 4.78 is 8.23. The summed E-state index contributed by atoms with van der Waals surface area (Å²) in [5.74, 6) is 0. The molecule has 7 heteroatoms. The number of aliphatic hydroxyl groups is 1. The van der Waals surface area contributed by atoms with E-state index >= 15 is 0 Å². The lowest BCUT2D eigenvalue weighted by molar-refractivity contribution is -0.0189. The Hall–Kier alpha value is -1.18. The van der Waals surface area contributed by atoms with Gasteiger partial charge in [-0.25, -0.2) is 4.79 Å². The minimum absolute atomic E-state index is 0.278. The number of hydrogen-bond donors (Lipinski definition) is 1. The standard InChI is InChI=1S/C12H15BrN2O4/c1-3-4-9-8(16)5-10(19-9)15-6-7(13)11(17)14(2)12(15)18/h3,6,8-10,16H,1,4-5H2,2H3/t8-,9+,10+/m0/s1. The van der Waals surface area contributed by atoms with Gasteiger partial charge in [-0.2, -0.15) is 0 Å². The molecule has 6 nitrogen and oxygen atoms in total. The van der Waals surface area contributed by atoms with Crippen molar-refractivity contribution in [2.45, 2.75) is 31.3 Å². The number of halogens is 1. The van der Waals surface area contributed by atoms with Crippen LogP contribution in [-0.2, 0) is 11.8 Å². The van der Waals surface area contributed by atoms with E-state index in [0.717, 1.165) is 4.57 Å². The average molecular weight is 331 g/mol. The monoisotopic (exact) mass is 330 g/mol. The number of rotatable bonds is 3. The Kier molecular flexibility index (Phi) is 4.07. The molecule has 3 atom stereocenters. The first-order valence-electron chi connectivity index (χ1n) is 5.87. The first kappa shape index (κ1) is 14.2. The van der Waals surface area contributed by atoms with Crippen molar-refractivity contribution in [1.82, 2.24) is 9.13 Å². The maximum Gasteiger partial charge on any atom is 0.332 e. The van der Waals surface area contributed by atoms with Crippen LogP contribution in [0.25, 0.3) is 0 Å². The van der Waals surface area contributed by atoms with Gasteiger partial charge in [-0.3, -0.25) is 13.9 Å². The maximum absolute atomic E-state index is 12.0. The number of nitrogens with zero attached hydrogens (tertiary/aromatic N) is 2. The van der Waals surface area contributed by atoms with E-state index in [1.165, 1.54) is 17.8 Å². The van der Waals surface area contributed by atoms with Crippen molar-refractivity contribution >= 4 is 15.9 Å². The Morgan fingerprint density at radius 3 is 2.95 bits per heavy atom. The Morgan fingerprint density at radius 2 is 2.32 bits per heavy atom. The molecule has 1 N–H and O–H groups in total. The lowest BCUT2D eigenvalue weighted by atomic mass is 10.1. The SMILES string of the molecule is C=CC[C@H]1O[C@@H](n2cc(Br)c(=O)n(C)c2=O)C[C@@H]1O. The van der Waals surface area contributed by atoms with Gasteiger partial charge >= 0.3 is 5.69 Å². The fraction of sp³-hybridized carbons (Fsp3) is 0.500. The molecule has 104 valence electrons. The zero-order valence-corrected chi connectivity index (χ0v) is 12.0. The van der Waals surface area contributed by atoms with Crippen LogP contribution in [0.1, 0.15) is 19.1 Å². The molecule has 1 aromatic rings. The summed E-state index contributed by atoms with van der Waals surface area (Å²) in [6.07, 6.45) is 2.29. The van der Waals surface area contributed by atoms with Crippen LogP contribution in [0.2, 0.25) is 0 Å². The van der Waals surface area contributed by atoms with E-state index in [0.29, 0.717) is 12.8 Å². The van der Waals surface area contributed by atoms with Crippen molar-refractivity contribution < 1.29 is 9.84 Å². The van der Waals surface area contributed by atoms with Gasteiger partial charge in [-0.05, 0) is 22.4 Å². The van der Waals surface area contributed by atoms with Gasteiger partial charge in [0.15, 0.2) is 0 Å². The topological polar surface area (TPSA) is 73.5 Å². The van der Waals surface area contributed by atoms with E-state index in [4.69, 9.17) is 4.74 Å². The third-order valence-electron chi connectivity index (χ3n) is 3.18. The van der Waals surface area contributed by atoms with Crippen LogP contribution < -0.4 is 11.2 Å². The molecule has 0 spiro atoms. The van der Waals surface area contributed by atoms with Gasteiger partial charge in [0.2, 0.25) is 0 Å². The molecule has 1 aromatic heterocycles. The summed E-state index contributed by atoms with van der Waals surface area (Å²) in [6, 6.07) is 0. The minimum atomic E-state index is -0.647. The zero-order valence-electron chi connectivity index (χ0n) is 10.5. The van der Waals surface area contributed by atoms with Crippen LogP contribution in [0.4, 0.5) is 0 Å². The van der Waals surface area contributed by atoms with E-state index in [9.17, 15) is 14.7 Å². The van der Waals surface area contributed by atoms with Gasteiger partial charge < -0.3 is 9.84 Å². The maximum atomic E-state index is 12.0. The zero-order chi connectivity index (χ0) is 14.2. The number of aromatic nitrogens is 2. The van der Waals surface area contributed by atoms with Crippen molar-refractivity contribution in [3.05, 3.63) is 44.2 Å². The Balaban J connectivity index is 2.37. The largest absolute Gasteiger partial charge is 0.390 e. The third-order valence-corrected chi connectivity index (χ3v) is 3.73. The van der Waals surface area contributed by atoms with Gasteiger partial charge in [0, 0.05) is 19.7 Å². The summed E-state index contributed by atoms with van der Waals surface area (Å²) in [4.78, 5) is 23.6. The quantitative estimate of drug-likeness (QED) is 0.821. The van der Waals surface area contributed by atoms with Gasteiger partial charge in [0.25, 0.3) is 5.56 Å². The summed E-state index contributed by atoms with van der Waals surface area (Å²) >= 11 is 3.11. The predicted octanol–water partition coefficient (Wildman–Crippen LogP) is 0.534. The van der Waals surface area contributed by atoms with Gasteiger partial charge in [0.1, 0.15) is 6.23 Å². The molecule has 1 saturated heterocycles. The molecule has 1 aliphatic rings. The molecule has 0 radical (unpaired) electrons. The van der Waals surface area contributed by atoms with E-state index in [-0.39, 0.29) is 10.6 Å². The van der Waals surface area contributed by atoms with Crippen LogP contribution in [-0.4, -0.2) is 26.4 Å². The third kappa shape index (κ3) is 2.58. The molecule has 0 unspecified atom stereocenters. The molecule has 0 saturated carbocycles. The van der Waals surface area contributed by atoms with Crippen molar-refractivity contribution in [3.63, 3.8) is 0 Å². The molecule has 2 heterocycles. The van der Waals surface area contributed by atoms with E-state index in [1.54, 1.807) is 6.08 Å². The normalized spacial score (nSPS) is 26.6. The lowest BCUT2D eigenvalue weighted by Crippen LogP contribution is -2.39. The fourth-order valence-electron chi connectivity index (χ4n) is 2.12. The van der Waals surface area contributed by atoms with Crippen LogP contribution in [0, 0.1) is 0 Å². The molecule has 0 aliphatic carbocycles. The molecule has 0 amide bonds. The Morgan fingerprint density at radius 1 is 1.63 bits per heavy atom. The summed E-state index contributed by atoms with van der Waals surface area (Å²) in [5.41, 5.74) is -0.868. The van der Waals surface area contributed by atoms with Crippen LogP contribution in [0.3, 0.4) is 0 Å². The number of aliphatic hydroxyl groups excluding tert-OH is 1. The van der Waals surface area contributed by atoms with Gasteiger partial charge in [-0.1, -0.05) is 6.08 Å². The van der Waals surface area contributed by atoms with E-state index < -0.39 is 23.6 Å². The fourth-order valence-corrected chi connectivity index (χ4v) is 2.61. The molecular weight excluding hydrogens is 316 g/mol. The van der Waals surface area contributed by atoms with Crippen LogP contribution in [0.15, 0.2) is 32.9 Å². The highest BCUT2D eigenvalue weighted by molar-refractivity contribution is 9.10. The molecule has 0 aromatic carbocycles. The molecule has 1 aliphatic heterocycles. The first-order valence-corrected chi connectivity index (χ1v) is 6.67. The van der Waals surface area contributed by atoms with Crippen molar-refractivity contribution in [1.29, 1.82) is 0 Å². The Labute approximate surface area is 118 Å². The molecule has 0 bridgehead atoms. The molecule has 1 fully saturated rings. The minimum Gasteiger partial charge on any atom is -0.390 e. The second-order valence-electron chi connectivity index (χ2n) is 4.49. The van der Waals surface area contributed by atoms with Crippen molar-refractivity contribution in [3.8, 4) is 0 Å². The Bertz CT molecular complexity index is 607. The van der Waals surface area contributed by atoms with E-state index in [1.807, 2.05) is 0 Å². The van der Waals surface area contributed by atoms with Gasteiger partial charge in [-0.15, -0.1) is 6.58 Å². The number of ether oxygens (including phenoxy) is 1. The van der Waals surface area contributed by atoms with Gasteiger partial charge in [0.05, 0.1) is 16.7 Å². The number of hydrogen-bond acceptors (Lipinski definition) is 4. The second-order valence-corrected chi connectivity index (χ2v) is 5.34. The summed E-state index contributed by atoms with van der Waals surface area (Å²) in [6.45, 7) is 3.60. The highest BCUT2D eigenvalue weighted by Crippen LogP contribution is 2.29. The molecule has 19 heavy (non-hydrogen) atoms. The van der Waals surface area contributed by atoms with E-state index in [2.05, 4.69) is 22.5 Å². The average Bonchev–Trinajstić information content (AvgIpc) is 2.73. The summed E-state index contributed by atoms with van der Waals surface area (Å²) in [7, 11) is 1.40. The molecular formula is C12H15BrN2O4. The van der Waals surface area contributed by atoms with Crippen molar-refractivity contribution in [2.24, 2.45) is 7.05 Å². The predicted molar refractivity (Wildman–Crippen MR) is 73.0 cm³/mol. The van der Waals surface area contributed by atoms with Crippen LogP contribution in [0.5, 0.6) is 0 Å². The highest BCUT2D eigenvalue weighted by Gasteiger charge is 2.34. The highest BCUT2D eigenvalue weighted by atomic mass is 79.9. The summed E-state index contributed by atoms with van der Waals surface area (Å²) in [5, 5.41) is 9.87. The molecule has 2 rings (SSSR count). The van der Waals surface area contributed by atoms with Crippen molar-refractivity contribution in [2.75, 3.05) is 0 Å². The first-order chi connectivity index (χ1) is 8.95.